The molecule has 1 fully saturated rings. The molecule has 0 aromatic heterocycles. The number of halogens is 2. The average Bonchev–Trinajstić information content (AvgIpc) is 3.11. The van der Waals surface area contributed by atoms with Crippen LogP contribution < -0.4 is 0 Å². The Morgan fingerprint density at radius 3 is 1.35 bits per heavy atom. The van der Waals surface area contributed by atoms with Crippen LogP contribution in [-0.4, -0.2) is 0 Å². The second-order valence-electron chi connectivity index (χ2n) is 4.08. The normalized spacial score (nSPS) is 22.5. The van der Waals surface area contributed by atoms with E-state index in [9.17, 15) is 0 Å². The minimum absolute atomic E-state index is 0.563. The van der Waals surface area contributed by atoms with Crippen molar-refractivity contribution in [2.75, 3.05) is 0 Å². The van der Waals surface area contributed by atoms with E-state index in [0.717, 1.165) is 10.0 Å². The van der Waals surface area contributed by atoms with E-state index in [2.05, 4.69) is 24.3 Å². The first-order valence-corrected chi connectivity index (χ1v) is 7.10. The lowest BCUT2D eigenvalue weighted by Crippen LogP contribution is -1.84. The van der Waals surface area contributed by atoms with Crippen molar-refractivity contribution in [3.63, 3.8) is 0 Å². The van der Waals surface area contributed by atoms with Gasteiger partial charge < -0.3 is 0 Å². The van der Waals surface area contributed by atoms with Crippen LogP contribution in [0.5, 0.6) is 0 Å². The zero-order chi connectivity index (χ0) is 11.8. The Kier molecular flexibility index (Phi) is 3.08. The van der Waals surface area contributed by atoms with E-state index >= 15 is 0 Å². The molecular formula is C14H10Cl2S. The largest absolute Gasteiger partial charge is 0.143 e. The maximum atomic E-state index is 5.89. The minimum Gasteiger partial charge on any atom is -0.143 e. The van der Waals surface area contributed by atoms with Crippen molar-refractivity contribution in [2.24, 2.45) is 0 Å². The van der Waals surface area contributed by atoms with E-state index in [1.54, 1.807) is 0 Å². The van der Waals surface area contributed by atoms with E-state index < -0.39 is 0 Å². The lowest BCUT2D eigenvalue weighted by molar-refractivity contribution is 1.03. The molecule has 17 heavy (non-hydrogen) atoms. The zero-order valence-corrected chi connectivity index (χ0v) is 11.3. The Bertz CT molecular complexity index is 469. The number of benzene rings is 2. The first-order valence-electron chi connectivity index (χ1n) is 5.40. The first kappa shape index (κ1) is 11.5. The molecule has 2 unspecified atom stereocenters. The van der Waals surface area contributed by atoms with Crippen LogP contribution in [0.15, 0.2) is 48.5 Å². The molecule has 1 aliphatic rings. The summed E-state index contributed by atoms with van der Waals surface area (Å²) in [5.74, 6) is 0. The monoisotopic (exact) mass is 280 g/mol. The Hall–Kier alpha value is -0.630. The van der Waals surface area contributed by atoms with Gasteiger partial charge in [-0.15, -0.1) is 11.8 Å². The van der Waals surface area contributed by atoms with Gasteiger partial charge in [-0.1, -0.05) is 47.5 Å². The third-order valence-electron chi connectivity index (χ3n) is 2.89. The van der Waals surface area contributed by atoms with Crippen molar-refractivity contribution in [2.45, 2.75) is 10.5 Å². The molecule has 2 aromatic rings. The molecule has 0 nitrogen and oxygen atoms in total. The van der Waals surface area contributed by atoms with Crippen molar-refractivity contribution in [3.8, 4) is 0 Å². The predicted molar refractivity (Wildman–Crippen MR) is 76.0 cm³/mol. The second-order valence-corrected chi connectivity index (χ2v) is 6.24. The van der Waals surface area contributed by atoms with E-state index in [1.807, 2.05) is 36.0 Å². The summed E-state index contributed by atoms with van der Waals surface area (Å²) < 4.78 is 0. The lowest BCUT2D eigenvalue weighted by atomic mass is 10.0. The molecule has 0 radical (unpaired) electrons. The molecule has 2 atom stereocenters. The molecule has 1 aliphatic heterocycles. The highest BCUT2D eigenvalue weighted by Gasteiger charge is 2.40. The van der Waals surface area contributed by atoms with E-state index in [-0.39, 0.29) is 0 Å². The molecule has 0 amide bonds. The Morgan fingerprint density at radius 1 is 0.647 bits per heavy atom. The molecule has 0 spiro atoms. The predicted octanol–water partition coefficient (Wildman–Crippen LogP) is 5.52. The quantitative estimate of drug-likeness (QED) is 0.653. The van der Waals surface area contributed by atoms with Gasteiger partial charge in [0.15, 0.2) is 0 Å². The molecule has 0 N–H and O–H groups in total. The zero-order valence-electron chi connectivity index (χ0n) is 8.94. The molecule has 0 aliphatic carbocycles. The summed E-state index contributed by atoms with van der Waals surface area (Å²) >= 11 is 13.7. The van der Waals surface area contributed by atoms with Crippen LogP contribution in [0.1, 0.15) is 21.6 Å². The van der Waals surface area contributed by atoms with Gasteiger partial charge in [-0.3, -0.25) is 0 Å². The van der Waals surface area contributed by atoms with Gasteiger partial charge in [0.25, 0.3) is 0 Å². The molecule has 0 saturated carbocycles. The van der Waals surface area contributed by atoms with Crippen LogP contribution in [0.3, 0.4) is 0 Å². The number of hydrogen-bond acceptors (Lipinski definition) is 1. The lowest BCUT2D eigenvalue weighted by Gasteiger charge is -2.00. The van der Waals surface area contributed by atoms with Crippen LogP contribution in [0.25, 0.3) is 0 Å². The molecule has 1 saturated heterocycles. The van der Waals surface area contributed by atoms with Gasteiger partial charge in [0.2, 0.25) is 0 Å². The summed E-state index contributed by atoms with van der Waals surface area (Å²) in [5.41, 5.74) is 2.69. The van der Waals surface area contributed by atoms with Gasteiger partial charge >= 0.3 is 0 Å². The Morgan fingerprint density at radius 2 is 1.00 bits per heavy atom. The third-order valence-corrected chi connectivity index (χ3v) is 4.75. The summed E-state index contributed by atoms with van der Waals surface area (Å²) in [5, 5.41) is 2.71. The number of rotatable bonds is 2. The second kappa shape index (κ2) is 4.56. The van der Waals surface area contributed by atoms with Gasteiger partial charge in [0.05, 0.1) is 0 Å². The van der Waals surface area contributed by atoms with Crippen LogP contribution >= 0.6 is 35.0 Å². The summed E-state index contributed by atoms with van der Waals surface area (Å²) in [7, 11) is 0. The fourth-order valence-corrected chi connectivity index (χ4v) is 3.34. The van der Waals surface area contributed by atoms with Crippen LogP contribution in [0.2, 0.25) is 10.0 Å². The first-order chi connectivity index (χ1) is 8.24. The summed E-state index contributed by atoms with van der Waals surface area (Å²) in [6.45, 7) is 0. The molecule has 1 heterocycles. The van der Waals surface area contributed by atoms with Gasteiger partial charge in [-0.2, -0.15) is 0 Å². The SMILES string of the molecule is Clc1ccc(C2SC2c2ccc(Cl)cc2)cc1. The maximum Gasteiger partial charge on any atom is 0.0463 e. The van der Waals surface area contributed by atoms with Crippen LogP contribution in [-0.2, 0) is 0 Å². The summed E-state index contributed by atoms with van der Waals surface area (Å²) in [4.78, 5) is 0. The van der Waals surface area contributed by atoms with Crippen molar-refractivity contribution in [1.29, 1.82) is 0 Å². The topological polar surface area (TPSA) is 0 Å². The fraction of sp³-hybridized carbons (Fsp3) is 0.143. The number of thioether (sulfide) groups is 1. The molecule has 0 bridgehead atoms. The van der Waals surface area contributed by atoms with E-state index in [4.69, 9.17) is 23.2 Å². The molecule has 86 valence electrons. The third kappa shape index (κ3) is 2.47. The fourth-order valence-electron chi connectivity index (χ4n) is 1.92. The van der Waals surface area contributed by atoms with Gasteiger partial charge in [-0.05, 0) is 35.4 Å². The van der Waals surface area contributed by atoms with Gasteiger partial charge in [0.1, 0.15) is 0 Å². The standard InChI is InChI=1S/C14H10Cl2S/c15-11-5-1-9(2-6-11)13-14(17-13)10-3-7-12(16)8-4-10/h1-8,13-14H. The molecule has 2 aromatic carbocycles. The highest BCUT2D eigenvalue weighted by Crippen LogP contribution is 2.65. The van der Waals surface area contributed by atoms with E-state index in [0.29, 0.717) is 10.5 Å². The van der Waals surface area contributed by atoms with Crippen molar-refractivity contribution in [1.82, 2.24) is 0 Å². The van der Waals surface area contributed by atoms with Crippen molar-refractivity contribution < 1.29 is 0 Å². The molecule has 3 rings (SSSR count). The molecule has 3 heteroatoms. The maximum absolute atomic E-state index is 5.89. The van der Waals surface area contributed by atoms with Crippen LogP contribution in [0, 0.1) is 0 Å². The highest BCUT2D eigenvalue weighted by atomic mass is 35.5. The van der Waals surface area contributed by atoms with Gasteiger partial charge in [0, 0.05) is 20.5 Å². The summed E-state index contributed by atoms with van der Waals surface area (Å²) in [6, 6.07) is 16.2. The smallest absolute Gasteiger partial charge is 0.0463 e. The highest BCUT2D eigenvalue weighted by molar-refractivity contribution is 8.06. The minimum atomic E-state index is 0.563. The van der Waals surface area contributed by atoms with Crippen molar-refractivity contribution >= 4 is 35.0 Å². The van der Waals surface area contributed by atoms with Crippen LogP contribution in [0.4, 0.5) is 0 Å². The van der Waals surface area contributed by atoms with Gasteiger partial charge in [-0.25, -0.2) is 0 Å². The number of hydrogen-bond donors (Lipinski definition) is 0. The average molecular weight is 281 g/mol. The Balaban J connectivity index is 1.78. The Labute approximate surface area is 115 Å². The molecular weight excluding hydrogens is 271 g/mol. The van der Waals surface area contributed by atoms with E-state index in [1.165, 1.54) is 11.1 Å². The summed E-state index contributed by atoms with van der Waals surface area (Å²) in [6.07, 6.45) is 0. The van der Waals surface area contributed by atoms with Crippen molar-refractivity contribution in [3.05, 3.63) is 69.7 Å².